The molecule has 2 nitrogen and oxygen atoms in total. The maximum absolute atomic E-state index is 10.2. The standard InChI is InChI=1S/C6H12NO/c1-6(2,3)4-5(7)8/h1,4H2,2-3H3,(H2,7,8). The molecule has 47 valence electrons. The van der Waals surface area contributed by atoms with Gasteiger partial charge in [0.1, 0.15) is 0 Å². The Hall–Kier alpha value is -0.530. The lowest BCUT2D eigenvalue weighted by Gasteiger charge is -2.13. The van der Waals surface area contributed by atoms with Gasteiger partial charge in [0.15, 0.2) is 0 Å². The van der Waals surface area contributed by atoms with Crippen molar-refractivity contribution in [1.82, 2.24) is 0 Å². The summed E-state index contributed by atoms with van der Waals surface area (Å²) < 4.78 is 0. The molecule has 0 saturated carbocycles. The van der Waals surface area contributed by atoms with E-state index in [-0.39, 0.29) is 11.3 Å². The van der Waals surface area contributed by atoms with Gasteiger partial charge in [-0.3, -0.25) is 4.79 Å². The normalized spacial score (nSPS) is 11.4. The second-order valence-corrected chi connectivity index (χ2v) is 2.81. The predicted molar refractivity (Wildman–Crippen MR) is 32.9 cm³/mol. The quantitative estimate of drug-likeness (QED) is 0.564. The highest BCUT2D eigenvalue weighted by atomic mass is 16.1. The number of nitrogens with two attached hydrogens (primary N) is 1. The first kappa shape index (κ1) is 7.47. The van der Waals surface area contributed by atoms with Gasteiger partial charge in [0.2, 0.25) is 5.91 Å². The Kier molecular flexibility index (Phi) is 2.02. The molecule has 0 aliphatic carbocycles. The van der Waals surface area contributed by atoms with Crippen LogP contribution >= 0.6 is 0 Å². The van der Waals surface area contributed by atoms with Crippen molar-refractivity contribution in [3.05, 3.63) is 6.92 Å². The van der Waals surface area contributed by atoms with Gasteiger partial charge >= 0.3 is 0 Å². The number of hydrogen-bond donors (Lipinski definition) is 1. The SMILES string of the molecule is [CH2]C(C)(C)CC(N)=O. The maximum atomic E-state index is 10.2. The Morgan fingerprint density at radius 1 is 1.75 bits per heavy atom. The number of carbonyl (C=O) groups excluding carboxylic acids is 1. The summed E-state index contributed by atoms with van der Waals surface area (Å²) in [6, 6.07) is 0. The van der Waals surface area contributed by atoms with Gasteiger partial charge in [-0.15, -0.1) is 0 Å². The summed E-state index contributed by atoms with van der Waals surface area (Å²) in [5.41, 5.74) is 4.70. The third-order valence-corrected chi connectivity index (χ3v) is 0.653. The maximum Gasteiger partial charge on any atom is 0.217 e. The molecule has 2 N–H and O–H groups in total. The van der Waals surface area contributed by atoms with Crippen molar-refractivity contribution < 1.29 is 4.79 Å². The third-order valence-electron chi connectivity index (χ3n) is 0.653. The van der Waals surface area contributed by atoms with Crippen molar-refractivity contribution in [3.8, 4) is 0 Å². The molecule has 0 heterocycles. The smallest absolute Gasteiger partial charge is 0.217 e. The fourth-order valence-corrected chi connectivity index (χ4v) is 0.472. The molecule has 0 saturated heterocycles. The van der Waals surface area contributed by atoms with E-state index in [0.717, 1.165) is 0 Å². The molecule has 8 heavy (non-hydrogen) atoms. The highest BCUT2D eigenvalue weighted by molar-refractivity contribution is 5.74. The Labute approximate surface area is 50.1 Å². The lowest BCUT2D eigenvalue weighted by atomic mass is 9.92. The van der Waals surface area contributed by atoms with Crippen LogP contribution in [0.25, 0.3) is 0 Å². The minimum absolute atomic E-state index is 0.203. The highest BCUT2D eigenvalue weighted by Gasteiger charge is 2.12. The van der Waals surface area contributed by atoms with Crippen molar-refractivity contribution in [3.63, 3.8) is 0 Å². The minimum Gasteiger partial charge on any atom is -0.370 e. The van der Waals surface area contributed by atoms with Crippen LogP contribution < -0.4 is 5.73 Å². The first-order chi connectivity index (χ1) is 3.42. The van der Waals surface area contributed by atoms with Crippen molar-refractivity contribution in [1.29, 1.82) is 0 Å². The van der Waals surface area contributed by atoms with Crippen molar-refractivity contribution in [2.24, 2.45) is 11.1 Å². The fourth-order valence-electron chi connectivity index (χ4n) is 0.472. The Morgan fingerprint density at radius 2 is 2.12 bits per heavy atom. The average Bonchev–Trinajstić information content (AvgIpc) is 1.21. The van der Waals surface area contributed by atoms with Crippen molar-refractivity contribution >= 4 is 5.91 Å². The van der Waals surface area contributed by atoms with Gasteiger partial charge in [-0.2, -0.15) is 0 Å². The van der Waals surface area contributed by atoms with E-state index in [9.17, 15) is 4.79 Å². The number of rotatable bonds is 2. The van der Waals surface area contributed by atoms with E-state index in [4.69, 9.17) is 5.73 Å². The van der Waals surface area contributed by atoms with E-state index in [1.807, 2.05) is 13.8 Å². The number of amides is 1. The first-order valence-electron chi connectivity index (χ1n) is 2.55. The number of carbonyl (C=O) groups is 1. The fraction of sp³-hybridized carbons (Fsp3) is 0.667. The van der Waals surface area contributed by atoms with Crippen LogP contribution in [0.1, 0.15) is 20.3 Å². The van der Waals surface area contributed by atoms with Gasteiger partial charge in [0, 0.05) is 6.42 Å². The van der Waals surface area contributed by atoms with Crippen molar-refractivity contribution in [2.45, 2.75) is 20.3 Å². The molecular formula is C6H12NO. The molecule has 0 aromatic rings. The van der Waals surface area contributed by atoms with Gasteiger partial charge in [0.25, 0.3) is 0 Å². The van der Waals surface area contributed by atoms with Crippen LogP contribution in [0.3, 0.4) is 0 Å². The molecule has 0 aliphatic rings. The molecule has 0 aromatic carbocycles. The molecule has 2 heteroatoms. The lowest BCUT2D eigenvalue weighted by Crippen LogP contribution is -2.19. The Morgan fingerprint density at radius 3 is 2.12 bits per heavy atom. The van der Waals surface area contributed by atoms with E-state index >= 15 is 0 Å². The lowest BCUT2D eigenvalue weighted by molar-refractivity contribution is -0.119. The molecule has 1 radical (unpaired) electrons. The summed E-state index contributed by atoms with van der Waals surface area (Å²) >= 11 is 0. The average molecular weight is 114 g/mol. The zero-order valence-electron chi connectivity index (χ0n) is 5.40. The molecule has 0 spiro atoms. The van der Waals surface area contributed by atoms with E-state index in [0.29, 0.717) is 6.42 Å². The van der Waals surface area contributed by atoms with Gasteiger partial charge in [-0.05, 0) is 12.3 Å². The van der Waals surface area contributed by atoms with Crippen LogP contribution in [0.2, 0.25) is 0 Å². The van der Waals surface area contributed by atoms with E-state index in [1.54, 1.807) is 0 Å². The molecule has 1 amide bonds. The second kappa shape index (κ2) is 2.16. The summed E-state index contributed by atoms with van der Waals surface area (Å²) in [7, 11) is 0. The second-order valence-electron chi connectivity index (χ2n) is 2.81. The molecule has 0 aliphatic heterocycles. The Balaban J connectivity index is 3.55. The molecule has 0 rings (SSSR count). The number of primary amides is 1. The molecule has 0 atom stereocenters. The molecule has 0 fully saturated rings. The largest absolute Gasteiger partial charge is 0.370 e. The zero-order valence-corrected chi connectivity index (χ0v) is 5.40. The first-order valence-corrected chi connectivity index (χ1v) is 2.55. The Bertz CT molecular complexity index is 91.2. The van der Waals surface area contributed by atoms with Crippen LogP contribution in [0.15, 0.2) is 0 Å². The van der Waals surface area contributed by atoms with E-state index in [1.165, 1.54) is 0 Å². The monoisotopic (exact) mass is 114 g/mol. The van der Waals surface area contributed by atoms with Crippen LogP contribution in [0.5, 0.6) is 0 Å². The summed E-state index contributed by atoms with van der Waals surface area (Å²) in [5, 5.41) is 0. The molecule has 0 unspecified atom stereocenters. The molecule has 0 bridgehead atoms. The van der Waals surface area contributed by atoms with Crippen LogP contribution in [0.4, 0.5) is 0 Å². The van der Waals surface area contributed by atoms with E-state index in [2.05, 4.69) is 6.92 Å². The predicted octanol–water partition coefficient (Wildman–Crippen LogP) is 0.722. The molecular weight excluding hydrogens is 102 g/mol. The van der Waals surface area contributed by atoms with Gasteiger partial charge in [0.05, 0.1) is 0 Å². The van der Waals surface area contributed by atoms with Gasteiger partial charge < -0.3 is 5.73 Å². The van der Waals surface area contributed by atoms with E-state index < -0.39 is 0 Å². The number of hydrogen-bond acceptors (Lipinski definition) is 1. The summed E-state index contributed by atoms with van der Waals surface area (Å²) in [4.78, 5) is 10.2. The molecule has 0 aromatic heterocycles. The van der Waals surface area contributed by atoms with Gasteiger partial charge in [-0.25, -0.2) is 0 Å². The van der Waals surface area contributed by atoms with Crippen molar-refractivity contribution in [2.75, 3.05) is 0 Å². The minimum atomic E-state index is -0.287. The summed E-state index contributed by atoms with van der Waals surface area (Å²) in [6.45, 7) is 7.46. The third kappa shape index (κ3) is 5.47. The van der Waals surface area contributed by atoms with Crippen LogP contribution in [-0.4, -0.2) is 5.91 Å². The van der Waals surface area contributed by atoms with Gasteiger partial charge in [-0.1, -0.05) is 13.8 Å². The summed E-state index contributed by atoms with van der Waals surface area (Å²) in [6.07, 6.45) is 0.354. The van der Waals surface area contributed by atoms with Crippen LogP contribution in [0, 0.1) is 12.3 Å². The topological polar surface area (TPSA) is 43.1 Å². The summed E-state index contributed by atoms with van der Waals surface area (Å²) in [5.74, 6) is -0.287. The zero-order chi connectivity index (χ0) is 6.78. The van der Waals surface area contributed by atoms with Crippen LogP contribution in [-0.2, 0) is 4.79 Å². The highest BCUT2D eigenvalue weighted by Crippen LogP contribution is 2.16.